The topological polar surface area (TPSA) is 63.6 Å². The minimum Gasteiger partial charge on any atom is -0.340 e. The molecule has 2 heterocycles. The van der Waals surface area contributed by atoms with Crippen molar-refractivity contribution in [3.8, 4) is 11.3 Å². The second-order valence-corrected chi connectivity index (χ2v) is 7.27. The molecule has 5 nitrogen and oxygen atoms in total. The van der Waals surface area contributed by atoms with Crippen molar-refractivity contribution < 1.29 is 0 Å². The summed E-state index contributed by atoms with van der Waals surface area (Å²) in [4.78, 5) is 20.3. The fourth-order valence-electron chi connectivity index (χ4n) is 2.98. The largest absolute Gasteiger partial charge is 0.340 e. The third kappa shape index (κ3) is 3.36. The number of halogens is 2. The zero-order valence-electron chi connectivity index (χ0n) is 14.7. The van der Waals surface area contributed by atoms with Gasteiger partial charge in [0, 0.05) is 21.7 Å². The van der Waals surface area contributed by atoms with Gasteiger partial charge in [-0.05, 0) is 49.7 Å². The van der Waals surface area contributed by atoms with Gasteiger partial charge in [-0.15, -0.1) is 0 Å². The number of fused-ring (bicyclic) bond motifs is 1. The number of nitrogens with zero attached hydrogens (tertiary/aromatic N) is 3. The van der Waals surface area contributed by atoms with Crippen molar-refractivity contribution in [1.29, 1.82) is 0 Å². The lowest BCUT2D eigenvalue weighted by molar-refractivity contribution is 0.515. The van der Waals surface area contributed by atoms with Crippen LogP contribution in [0.3, 0.4) is 0 Å². The fourth-order valence-corrected chi connectivity index (χ4v) is 3.33. The standard InChI is InChI=1S/C20H16Cl2N4O/c1-11-8-17-18(10-15(11)22)24-20(23-17)12(2)26-19(27)7-6-16(25-26)13-4-3-5-14(21)9-13/h3-10,12H,1-2H3,(H,23,24). The summed E-state index contributed by atoms with van der Waals surface area (Å²) in [5.41, 5.74) is 3.90. The predicted molar refractivity (Wildman–Crippen MR) is 109 cm³/mol. The molecule has 0 aliphatic rings. The Morgan fingerprint density at radius 1 is 1.11 bits per heavy atom. The SMILES string of the molecule is Cc1cc2[nH]c(C(C)n3nc(-c4cccc(Cl)c4)ccc3=O)nc2cc1Cl. The maximum absolute atomic E-state index is 12.4. The number of hydrogen-bond donors (Lipinski definition) is 1. The Labute approximate surface area is 165 Å². The maximum Gasteiger partial charge on any atom is 0.267 e. The van der Waals surface area contributed by atoms with E-state index < -0.39 is 0 Å². The highest BCUT2D eigenvalue weighted by molar-refractivity contribution is 6.32. The van der Waals surface area contributed by atoms with Gasteiger partial charge in [0.15, 0.2) is 0 Å². The van der Waals surface area contributed by atoms with Crippen molar-refractivity contribution >= 4 is 34.2 Å². The number of aryl methyl sites for hydroxylation is 1. The quantitative estimate of drug-likeness (QED) is 0.527. The highest BCUT2D eigenvalue weighted by Crippen LogP contribution is 2.25. The second-order valence-electron chi connectivity index (χ2n) is 6.43. The Kier molecular flexibility index (Phi) is 4.50. The Bertz CT molecular complexity index is 1170. The van der Waals surface area contributed by atoms with Crippen LogP contribution >= 0.6 is 23.2 Å². The molecule has 2 aromatic heterocycles. The lowest BCUT2D eigenvalue weighted by Crippen LogP contribution is -2.26. The summed E-state index contributed by atoms with van der Waals surface area (Å²) in [6.07, 6.45) is 0. The molecule has 0 bridgehead atoms. The molecule has 0 amide bonds. The molecule has 1 unspecified atom stereocenters. The van der Waals surface area contributed by atoms with Crippen molar-refractivity contribution in [3.63, 3.8) is 0 Å². The Balaban J connectivity index is 1.78. The molecule has 1 atom stereocenters. The van der Waals surface area contributed by atoms with Gasteiger partial charge in [0.1, 0.15) is 11.9 Å². The van der Waals surface area contributed by atoms with Crippen LogP contribution in [0.25, 0.3) is 22.3 Å². The van der Waals surface area contributed by atoms with Gasteiger partial charge < -0.3 is 4.98 Å². The molecule has 0 aliphatic carbocycles. The molecule has 0 radical (unpaired) electrons. The van der Waals surface area contributed by atoms with Gasteiger partial charge in [0.05, 0.1) is 16.7 Å². The molecule has 0 spiro atoms. The number of H-pyrrole nitrogens is 1. The molecule has 7 heteroatoms. The van der Waals surface area contributed by atoms with Crippen molar-refractivity contribution in [2.24, 2.45) is 0 Å². The van der Waals surface area contributed by atoms with Crippen LogP contribution < -0.4 is 5.56 Å². The molecular weight excluding hydrogens is 383 g/mol. The first kappa shape index (κ1) is 17.8. The summed E-state index contributed by atoms with van der Waals surface area (Å²) in [5.74, 6) is 0.643. The first-order valence-corrected chi connectivity index (χ1v) is 9.19. The van der Waals surface area contributed by atoms with Crippen LogP contribution in [0.15, 0.2) is 53.3 Å². The van der Waals surface area contributed by atoms with E-state index in [0.29, 0.717) is 21.6 Å². The number of aromatic nitrogens is 4. The van der Waals surface area contributed by atoms with E-state index in [0.717, 1.165) is 22.2 Å². The highest BCUT2D eigenvalue weighted by Gasteiger charge is 2.17. The molecule has 1 N–H and O–H groups in total. The predicted octanol–water partition coefficient (Wildman–Crippen LogP) is 5.01. The normalized spacial score (nSPS) is 12.4. The average Bonchev–Trinajstić information content (AvgIpc) is 3.04. The van der Waals surface area contributed by atoms with Crippen LogP contribution in [0.5, 0.6) is 0 Å². The minimum atomic E-state index is -0.372. The number of nitrogens with one attached hydrogen (secondary N) is 1. The van der Waals surface area contributed by atoms with E-state index in [9.17, 15) is 4.79 Å². The van der Waals surface area contributed by atoms with Gasteiger partial charge in [-0.1, -0.05) is 35.3 Å². The van der Waals surface area contributed by atoms with Gasteiger partial charge in [-0.25, -0.2) is 9.67 Å². The number of hydrogen-bond acceptors (Lipinski definition) is 3. The van der Waals surface area contributed by atoms with E-state index in [-0.39, 0.29) is 11.6 Å². The monoisotopic (exact) mass is 398 g/mol. The number of imidazole rings is 1. The molecule has 0 saturated carbocycles. The van der Waals surface area contributed by atoms with Gasteiger partial charge in [0.2, 0.25) is 0 Å². The second kappa shape index (κ2) is 6.83. The van der Waals surface area contributed by atoms with Crippen LogP contribution in [0.2, 0.25) is 10.0 Å². The molecule has 2 aromatic carbocycles. The lowest BCUT2D eigenvalue weighted by atomic mass is 10.1. The summed E-state index contributed by atoms with van der Waals surface area (Å²) < 4.78 is 1.42. The van der Waals surface area contributed by atoms with E-state index in [1.54, 1.807) is 12.1 Å². The van der Waals surface area contributed by atoms with E-state index in [4.69, 9.17) is 23.2 Å². The van der Waals surface area contributed by atoms with Gasteiger partial charge in [-0.2, -0.15) is 5.10 Å². The molecule has 0 saturated heterocycles. The van der Waals surface area contributed by atoms with Crippen LogP contribution in [-0.2, 0) is 0 Å². The Morgan fingerprint density at radius 3 is 2.70 bits per heavy atom. The van der Waals surface area contributed by atoms with Crippen LogP contribution in [0.4, 0.5) is 0 Å². The van der Waals surface area contributed by atoms with Crippen LogP contribution in [0.1, 0.15) is 24.4 Å². The first-order valence-electron chi connectivity index (χ1n) is 8.44. The average molecular weight is 399 g/mol. The molecule has 136 valence electrons. The maximum atomic E-state index is 12.4. The molecule has 27 heavy (non-hydrogen) atoms. The van der Waals surface area contributed by atoms with E-state index >= 15 is 0 Å². The summed E-state index contributed by atoms with van der Waals surface area (Å²) in [6, 6.07) is 14.0. The van der Waals surface area contributed by atoms with Crippen molar-refractivity contribution in [2.45, 2.75) is 19.9 Å². The number of benzene rings is 2. The van der Waals surface area contributed by atoms with E-state index in [1.165, 1.54) is 10.7 Å². The smallest absolute Gasteiger partial charge is 0.267 e. The fraction of sp³-hybridized carbons (Fsp3) is 0.150. The third-order valence-corrected chi connectivity index (χ3v) is 5.13. The van der Waals surface area contributed by atoms with Gasteiger partial charge >= 0.3 is 0 Å². The molecule has 4 aromatic rings. The molecular formula is C20H16Cl2N4O. The summed E-state index contributed by atoms with van der Waals surface area (Å²) in [6.45, 7) is 3.81. The van der Waals surface area contributed by atoms with Crippen molar-refractivity contribution in [3.05, 3.63) is 80.3 Å². The molecule has 4 rings (SSSR count). The number of rotatable bonds is 3. The molecule has 0 aliphatic heterocycles. The minimum absolute atomic E-state index is 0.206. The zero-order valence-corrected chi connectivity index (χ0v) is 16.2. The summed E-state index contributed by atoms with van der Waals surface area (Å²) >= 11 is 12.3. The van der Waals surface area contributed by atoms with E-state index in [1.807, 2.05) is 44.2 Å². The van der Waals surface area contributed by atoms with Gasteiger partial charge in [0.25, 0.3) is 5.56 Å². The Morgan fingerprint density at radius 2 is 1.93 bits per heavy atom. The third-order valence-electron chi connectivity index (χ3n) is 4.49. The lowest BCUT2D eigenvalue weighted by Gasteiger charge is -2.12. The van der Waals surface area contributed by atoms with E-state index in [2.05, 4.69) is 15.1 Å². The summed E-state index contributed by atoms with van der Waals surface area (Å²) in [7, 11) is 0. The molecule has 0 fully saturated rings. The van der Waals surface area contributed by atoms with Crippen LogP contribution in [0, 0.1) is 6.92 Å². The van der Waals surface area contributed by atoms with Crippen LogP contribution in [-0.4, -0.2) is 19.7 Å². The summed E-state index contributed by atoms with van der Waals surface area (Å²) in [5, 5.41) is 5.80. The van der Waals surface area contributed by atoms with Gasteiger partial charge in [-0.3, -0.25) is 4.79 Å². The Hall–Kier alpha value is -2.63. The number of aromatic amines is 1. The zero-order chi connectivity index (χ0) is 19.1. The van der Waals surface area contributed by atoms with Crippen molar-refractivity contribution in [2.75, 3.05) is 0 Å². The van der Waals surface area contributed by atoms with Crippen molar-refractivity contribution in [1.82, 2.24) is 19.7 Å². The highest BCUT2D eigenvalue weighted by atomic mass is 35.5. The first-order chi connectivity index (χ1) is 12.9.